The second-order valence-electron chi connectivity index (χ2n) is 13.2. The second-order valence-corrected chi connectivity index (χ2v) is 13.2. The van der Waals surface area contributed by atoms with Crippen molar-refractivity contribution in [1.29, 1.82) is 0 Å². The van der Waals surface area contributed by atoms with E-state index in [1.54, 1.807) is 0 Å². The van der Waals surface area contributed by atoms with Crippen molar-refractivity contribution in [3.05, 3.63) is 157 Å². The Bertz CT molecular complexity index is 2640. The summed E-state index contributed by atoms with van der Waals surface area (Å²) < 4.78 is 8.71. The number of benzene rings is 6. The molecular formula is C44H30N2O. The van der Waals surface area contributed by atoms with Crippen LogP contribution in [0.5, 0.6) is 0 Å². The highest BCUT2D eigenvalue weighted by molar-refractivity contribution is 6.13. The standard InChI is InChI=1S/C44H30N2O/c1-44(2)36-25-40-34(23-32(36)33-24-35-31-18-10-12-20-41(31)47-42(35)26-37(33)44)30-17-9-11-19-39(30)46(40)43-22-29(27-13-5-3-6-14-27)21-38(45-43)28-15-7-4-8-16-28/h3-26H,1-2H3. The summed E-state index contributed by atoms with van der Waals surface area (Å²) in [6, 6.07) is 52.1. The molecule has 0 N–H and O–H groups in total. The van der Waals surface area contributed by atoms with Gasteiger partial charge in [0.15, 0.2) is 0 Å². The molecule has 6 aromatic carbocycles. The van der Waals surface area contributed by atoms with Crippen molar-refractivity contribution in [3.63, 3.8) is 0 Å². The molecule has 3 heterocycles. The highest BCUT2D eigenvalue weighted by Crippen LogP contribution is 2.53. The van der Waals surface area contributed by atoms with Gasteiger partial charge in [-0.2, -0.15) is 0 Å². The molecule has 0 radical (unpaired) electrons. The summed E-state index contributed by atoms with van der Waals surface area (Å²) >= 11 is 0. The predicted octanol–water partition coefficient (Wildman–Crippen LogP) is 11.7. The quantitative estimate of drug-likeness (QED) is 0.201. The average Bonchev–Trinajstić information content (AvgIpc) is 3.72. The largest absolute Gasteiger partial charge is 0.456 e. The smallest absolute Gasteiger partial charge is 0.138 e. The van der Waals surface area contributed by atoms with Crippen LogP contribution in [0.1, 0.15) is 25.0 Å². The van der Waals surface area contributed by atoms with Gasteiger partial charge in [0.1, 0.15) is 17.0 Å². The third kappa shape index (κ3) is 3.77. The molecule has 0 bridgehead atoms. The molecule has 3 heteroatoms. The Balaban J connectivity index is 1.27. The fraction of sp³-hybridized carbons (Fsp3) is 0.0682. The highest BCUT2D eigenvalue weighted by atomic mass is 16.3. The van der Waals surface area contributed by atoms with Gasteiger partial charge < -0.3 is 4.42 Å². The third-order valence-corrected chi connectivity index (χ3v) is 10.2. The molecule has 47 heavy (non-hydrogen) atoms. The van der Waals surface area contributed by atoms with E-state index in [0.717, 1.165) is 50.2 Å². The summed E-state index contributed by atoms with van der Waals surface area (Å²) in [5, 5.41) is 4.78. The van der Waals surface area contributed by atoms with Gasteiger partial charge in [0, 0.05) is 32.5 Å². The fourth-order valence-electron chi connectivity index (χ4n) is 7.84. The SMILES string of the molecule is CC1(C)c2cc3oc4ccccc4c3cc2-c2cc3c4ccccc4n(-c4cc(-c5ccccc5)cc(-c5ccccc5)n4)c3cc21. The first kappa shape index (κ1) is 26.3. The van der Waals surface area contributed by atoms with Crippen LogP contribution in [0.3, 0.4) is 0 Å². The molecule has 0 spiro atoms. The Hall–Kier alpha value is -5.93. The van der Waals surface area contributed by atoms with Gasteiger partial charge in [-0.05, 0) is 81.9 Å². The molecule has 10 rings (SSSR count). The zero-order valence-corrected chi connectivity index (χ0v) is 26.2. The molecule has 9 aromatic rings. The monoisotopic (exact) mass is 602 g/mol. The average molecular weight is 603 g/mol. The van der Waals surface area contributed by atoms with Crippen molar-refractivity contribution in [1.82, 2.24) is 9.55 Å². The molecule has 222 valence electrons. The Labute approximate surface area is 272 Å². The number of nitrogens with zero attached hydrogens (tertiary/aromatic N) is 2. The zero-order chi connectivity index (χ0) is 31.3. The number of aromatic nitrogens is 2. The van der Waals surface area contributed by atoms with Crippen molar-refractivity contribution in [2.75, 3.05) is 0 Å². The van der Waals surface area contributed by atoms with Crippen LogP contribution in [0.4, 0.5) is 0 Å². The summed E-state index contributed by atoms with van der Waals surface area (Å²) in [4.78, 5) is 5.35. The molecule has 0 aliphatic heterocycles. The first-order valence-corrected chi connectivity index (χ1v) is 16.2. The lowest BCUT2D eigenvalue weighted by Gasteiger charge is -2.21. The van der Waals surface area contributed by atoms with Gasteiger partial charge in [-0.25, -0.2) is 4.98 Å². The number of para-hydroxylation sites is 2. The minimum absolute atomic E-state index is 0.207. The number of hydrogen-bond acceptors (Lipinski definition) is 2. The number of pyridine rings is 1. The van der Waals surface area contributed by atoms with E-state index in [2.05, 4.69) is 158 Å². The molecule has 3 aromatic heterocycles. The first-order valence-electron chi connectivity index (χ1n) is 16.2. The van der Waals surface area contributed by atoms with Crippen LogP contribution < -0.4 is 0 Å². The van der Waals surface area contributed by atoms with Crippen molar-refractivity contribution in [2.45, 2.75) is 19.3 Å². The van der Waals surface area contributed by atoms with E-state index < -0.39 is 0 Å². The Kier molecular flexibility index (Phi) is 5.34. The van der Waals surface area contributed by atoms with Crippen molar-refractivity contribution in [2.24, 2.45) is 0 Å². The Morgan fingerprint density at radius 3 is 1.91 bits per heavy atom. The molecular weight excluding hydrogens is 572 g/mol. The predicted molar refractivity (Wildman–Crippen MR) is 194 cm³/mol. The lowest BCUT2D eigenvalue weighted by Crippen LogP contribution is -2.15. The highest BCUT2D eigenvalue weighted by Gasteiger charge is 2.37. The lowest BCUT2D eigenvalue weighted by atomic mass is 9.82. The van der Waals surface area contributed by atoms with Crippen LogP contribution in [0.25, 0.3) is 83.1 Å². The van der Waals surface area contributed by atoms with Crippen LogP contribution in [0, 0.1) is 0 Å². The molecule has 0 amide bonds. The van der Waals surface area contributed by atoms with Crippen LogP contribution in [-0.4, -0.2) is 9.55 Å². The summed E-state index contributed by atoms with van der Waals surface area (Å²) in [5.74, 6) is 0.911. The van der Waals surface area contributed by atoms with Crippen LogP contribution in [-0.2, 0) is 5.41 Å². The maximum absolute atomic E-state index is 6.35. The normalized spacial score (nSPS) is 13.5. The molecule has 0 atom stereocenters. The molecule has 3 nitrogen and oxygen atoms in total. The van der Waals surface area contributed by atoms with E-state index in [9.17, 15) is 0 Å². The molecule has 0 saturated heterocycles. The maximum atomic E-state index is 6.35. The zero-order valence-electron chi connectivity index (χ0n) is 26.2. The minimum Gasteiger partial charge on any atom is -0.456 e. The molecule has 0 saturated carbocycles. The number of hydrogen-bond donors (Lipinski definition) is 0. The van der Waals surface area contributed by atoms with E-state index in [4.69, 9.17) is 9.40 Å². The molecule has 1 aliphatic carbocycles. The molecule has 1 aliphatic rings. The van der Waals surface area contributed by atoms with Gasteiger partial charge in [-0.1, -0.05) is 111 Å². The maximum Gasteiger partial charge on any atom is 0.138 e. The van der Waals surface area contributed by atoms with Crippen LogP contribution in [0.15, 0.2) is 150 Å². The van der Waals surface area contributed by atoms with Crippen LogP contribution in [0.2, 0.25) is 0 Å². The fourth-order valence-corrected chi connectivity index (χ4v) is 7.84. The summed E-state index contributed by atoms with van der Waals surface area (Å²) in [7, 11) is 0. The first-order chi connectivity index (χ1) is 23.0. The summed E-state index contributed by atoms with van der Waals surface area (Å²) in [5.41, 5.74) is 13.6. The van der Waals surface area contributed by atoms with Crippen LogP contribution >= 0.6 is 0 Å². The van der Waals surface area contributed by atoms with E-state index in [0.29, 0.717) is 0 Å². The van der Waals surface area contributed by atoms with Crippen molar-refractivity contribution in [3.8, 4) is 39.3 Å². The van der Waals surface area contributed by atoms with Gasteiger partial charge in [0.25, 0.3) is 0 Å². The lowest BCUT2D eigenvalue weighted by molar-refractivity contribution is 0.647. The van der Waals surface area contributed by atoms with Crippen molar-refractivity contribution < 1.29 is 4.42 Å². The number of fused-ring (bicyclic) bond motifs is 9. The van der Waals surface area contributed by atoms with Gasteiger partial charge in [0.05, 0.1) is 16.7 Å². The van der Waals surface area contributed by atoms with Gasteiger partial charge >= 0.3 is 0 Å². The topological polar surface area (TPSA) is 31.0 Å². The van der Waals surface area contributed by atoms with Gasteiger partial charge in [-0.15, -0.1) is 0 Å². The van der Waals surface area contributed by atoms with E-state index in [-0.39, 0.29) is 5.41 Å². The second kappa shape index (κ2) is 9.54. The van der Waals surface area contributed by atoms with E-state index >= 15 is 0 Å². The minimum atomic E-state index is -0.207. The number of rotatable bonds is 3. The number of furan rings is 1. The Morgan fingerprint density at radius 2 is 1.13 bits per heavy atom. The van der Waals surface area contributed by atoms with E-state index in [1.165, 1.54) is 44.0 Å². The van der Waals surface area contributed by atoms with E-state index in [1.807, 2.05) is 6.07 Å². The summed E-state index contributed by atoms with van der Waals surface area (Å²) in [6.45, 7) is 4.68. The van der Waals surface area contributed by atoms with Crippen molar-refractivity contribution >= 4 is 43.7 Å². The molecule has 0 unspecified atom stereocenters. The third-order valence-electron chi connectivity index (χ3n) is 10.2. The van der Waals surface area contributed by atoms with Gasteiger partial charge in [0.2, 0.25) is 0 Å². The summed E-state index contributed by atoms with van der Waals surface area (Å²) in [6.07, 6.45) is 0. The molecule has 0 fully saturated rings. The Morgan fingerprint density at radius 1 is 0.489 bits per heavy atom. The van der Waals surface area contributed by atoms with Gasteiger partial charge in [-0.3, -0.25) is 4.57 Å².